The molecule has 3 heteroatoms. The molecule has 0 radical (unpaired) electrons. The largest absolute Gasteiger partial charge is 0.350 e. The summed E-state index contributed by atoms with van der Waals surface area (Å²) < 4.78 is 0. The molecule has 0 aliphatic carbocycles. The van der Waals surface area contributed by atoms with E-state index in [0.29, 0.717) is 5.92 Å². The zero-order valence-corrected chi connectivity index (χ0v) is 10.1. The highest BCUT2D eigenvalue weighted by atomic mass is 16.2. The van der Waals surface area contributed by atoms with Crippen molar-refractivity contribution in [3.05, 3.63) is 0 Å². The van der Waals surface area contributed by atoms with Crippen LogP contribution in [-0.4, -0.2) is 17.5 Å². The molecule has 1 atom stereocenters. The standard InChI is InChI=1S/C11H24N2O/c1-6-11(4,5)13-10(14)9(12)7-8(2)3/h8-9H,6-7,12H2,1-5H3,(H,13,14)/t9-/m0/s1. The first-order valence-corrected chi connectivity index (χ1v) is 5.36. The van der Waals surface area contributed by atoms with Crippen molar-refractivity contribution in [2.75, 3.05) is 0 Å². The Morgan fingerprint density at radius 2 is 1.93 bits per heavy atom. The van der Waals surface area contributed by atoms with Gasteiger partial charge >= 0.3 is 0 Å². The van der Waals surface area contributed by atoms with Gasteiger partial charge in [-0.25, -0.2) is 0 Å². The fourth-order valence-corrected chi connectivity index (χ4v) is 1.13. The van der Waals surface area contributed by atoms with Gasteiger partial charge in [0.15, 0.2) is 0 Å². The molecular weight excluding hydrogens is 176 g/mol. The van der Waals surface area contributed by atoms with Gasteiger partial charge in [0.05, 0.1) is 6.04 Å². The lowest BCUT2D eigenvalue weighted by Gasteiger charge is -2.26. The zero-order valence-electron chi connectivity index (χ0n) is 10.1. The van der Waals surface area contributed by atoms with Crippen LogP contribution in [0.15, 0.2) is 0 Å². The summed E-state index contributed by atoms with van der Waals surface area (Å²) in [6.45, 7) is 10.2. The van der Waals surface area contributed by atoms with Gasteiger partial charge in [-0.1, -0.05) is 20.8 Å². The summed E-state index contributed by atoms with van der Waals surface area (Å²) in [6, 6.07) is -0.374. The Labute approximate surface area is 87.4 Å². The summed E-state index contributed by atoms with van der Waals surface area (Å²) in [4.78, 5) is 11.6. The topological polar surface area (TPSA) is 55.1 Å². The van der Waals surface area contributed by atoms with Crippen molar-refractivity contribution in [2.24, 2.45) is 11.7 Å². The second kappa shape index (κ2) is 5.35. The third-order valence-electron chi connectivity index (χ3n) is 2.41. The van der Waals surface area contributed by atoms with Crippen LogP contribution in [0.25, 0.3) is 0 Å². The van der Waals surface area contributed by atoms with Crippen molar-refractivity contribution in [1.82, 2.24) is 5.32 Å². The normalized spacial score (nSPS) is 14.2. The Morgan fingerprint density at radius 1 is 1.43 bits per heavy atom. The van der Waals surface area contributed by atoms with E-state index in [4.69, 9.17) is 5.73 Å². The molecule has 0 bridgehead atoms. The van der Waals surface area contributed by atoms with Crippen molar-refractivity contribution < 1.29 is 4.79 Å². The number of hydrogen-bond donors (Lipinski definition) is 2. The Kier molecular flexibility index (Phi) is 5.13. The van der Waals surface area contributed by atoms with Crippen molar-refractivity contribution in [2.45, 2.75) is 59.0 Å². The van der Waals surface area contributed by atoms with Crippen LogP contribution in [0.3, 0.4) is 0 Å². The van der Waals surface area contributed by atoms with Crippen LogP contribution in [0.2, 0.25) is 0 Å². The van der Waals surface area contributed by atoms with Gasteiger partial charge in [-0.2, -0.15) is 0 Å². The molecule has 0 saturated carbocycles. The number of nitrogens with one attached hydrogen (secondary N) is 1. The first-order chi connectivity index (χ1) is 6.28. The van der Waals surface area contributed by atoms with Crippen molar-refractivity contribution in [3.8, 4) is 0 Å². The molecule has 0 aromatic carbocycles. The van der Waals surface area contributed by atoms with E-state index in [-0.39, 0.29) is 17.5 Å². The lowest BCUT2D eigenvalue weighted by Crippen LogP contribution is -2.50. The molecule has 0 rings (SSSR count). The summed E-state index contributed by atoms with van der Waals surface area (Å²) in [5.41, 5.74) is 5.62. The van der Waals surface area contributed by atoms with Gasteiger partial charge in [0.25, 0.3) is 0 Å². The minimum absolute atomic E-state index is 0.0365. The maximum absolute atomic E-state index is 11.6. The van der Waals surface area contributed by atoms with E-state index in [1.807, 2.05) is 20.8 Å². The summed E-state index contributed by atoms with van der Waals surface area (Å²) >= 11 is 0. The minimum atomic E-state index is -0.374. The molecule has 0 aliphatic rings. The Bertz CT molecular complexity index is 188. The predicted octanol–water partition coefficient (Wildman–Crippen LogP) is 1.66. The molecule has 14 heavy (non-hydrogen) atoms. The van der Waals surface area contributed by atoms with Gasteiger partial charge in [-0.3, -0.25) is 4.79 Å². The highest BCUT2D eigenvalue weighted by Gasteiger charge is 2.22. The second-order valence-electron chi connectivity index (χ2n) is 4.96. The Balaban J connectivity index is 4.08. The number of carbonyl (C=O) groups excluding carboxylic acids is 1. The molecule has 3 nitrogen and oxygen atoms in total. The van der Waals surface area contributed by atoms with Crippen molar-refractivity contribution in [1.29, 1.82) is 0 Å². The number of rotatable bonds is 5. The van der Waals surface area contributed by atoms with E-state index >= 15 is 0 Å². The smallest absolute Gasteiger partial charge is 0.237 e. The Morgan fingerprint density at radius 3 is 2.29 bits per heavy atom. The number of carbonyl (C=O) groups is 1. The molecule has 1 amide bonds. The van der Waals surface area contributed by atoms with Crippen LogP contribution >= 0.6 is 0 Å². The molecule has 0 fully saturated rings. The lowest BCUT2D eigenvalue weighted by molar-refractivity contribution is -0.124. The monoisotopic (exact) mass is 200 g/mol. The molecule has 0 aliphatic heterocycles. The lowest BCUT2D eigenvalue weighted by atomic mass is 9.99. The summed E-state index contributed by atoms with van der Waals surface area (Å²) in [6.07, 6.45) is 1.65. The number of nitrogens with two attached hydrogens (primary N) is 1. The minimum Gasteiger partial charge on any atom is -0.350 e. The van der Waals surface area contributed by atoms with E-state index in [2.05, 4.69) is 19.2 Å². The van der Waals surface area contributed by atoms with Crippen molar-refractivity contribution in [3.63, 3.8) is 0 Å². The third-order valence-corrected chi connectivity index (χ3v) is 2.41. The average Bonchev–Trinajstić information content (AvgIpc) is 2.02. The molecule has 0 unspecified atom stereocenters. The number of amides is 1. The first kappa shape index (κ1) is 13.4. The van der Waals surface area contributed by atoms with E-state index in [1.165, 1.54) is 0 Å². The molecule has 3 N–H and O–H groups in total. The third kappa shape index (κ3) is 5.22. The highest BCUT2D eigenvalue weighted by molar-refractivity contribution is 5.82. The van der Waals surface area contributed by atoms with E-state index in [9.17, 15) is 4.79 Å². The molecule has 0 aromatic heterocycles. The van der Waals surface area contributed by atoms with Crippen LogP contribution in [-0.2, 0) is 4.79 Å². The van der Waals surface area contributed by atoms with Crippen molar-refractivity contribution >= 4 is 5.91 Å². The fourth-order valence-electron chi connectivity index (χ4n) is 1.13. The van der Waals surface area contributed by atoms with Gasteiger partial charge in [0.2, 0.25) is 5.91 Å². The van der Waals surface area contributed by atoms with Gasteiger partial charge in [-0.15, -0.1) is 0 Å². The maximum atomic E-state index is 11.6. The fraction of sp³-hybridized carbons (Fsp3) is 0.909. The highest BCUT2D eigenvalue weighted by Crippen LogP contribution is 2.09. The van der Waals surface area contributed by atoms with E-state index in [0.717, 1.165) is 12.8 Å². The van der Waals surface area contributed by atoms with Crippen LogP contribution < -0.4 is 11.1 Å². The van der Waals surface area contributed by atoms with E-state index < -0.39 is 0 Å². The first-order valence-electron chi connectivity index (χ1n) is 5.36. The zero-order chi connectivity index (χ0) is 11.4. The maximum Gasteiger partial charge on any atom is 0.237 e. The van der Waals surface area contributed by atoms with Crippen LogP contribution in [0, 0.1) is 5.92 Å². The molecule has 0 saturated heterocycles. The molecular formula is C11H24N2O. The Hall–Kier alpha value is -0.570. The van der Waals surface area contributed by atoms with Crippen LogP contribution in [0.1, 0.15) is 47.5 Å². The quantitative estimate of drug-likeness (QED) is 0.709. The summed E-state index contributed by atoms with van der Waals surface area (Å²) in [5, 5.41) is 2.95. The van der Waals surface area contributed by atoms with Gasteiger partial charge < -0.3 is 11.1 Å². The average molecular weight is 200 g/mol. The summed E-state index contributed by atoms with van der Waals surface area (Å²) in [7, 11) is 0. The SMILES string of the molecule is CCC(C)(C)NC(=O)[C@@H](N)CC(C)C. The predicted molar refractivity (Wildman–Crippen MR) is 59.9 cm³/mol. The van der Waals surface area contributed by atoms with Gasteiger partial charge in [-0.05, 0) is 32.6 Å². The van der Waals surface area contributed by atoms with E-state index in [1.54, 1.807) is 0 Å². The van der Waals surface area contributed by atoms with Crippen LogP contribution in [0.5, 0.6) is 0 Å². The summed E-state index contributed by atoms with van der Waals surface area (Å²) in [5.74, 6) is 0.422. The molecule has 84 valence electrons. The number of hydrogen-bond acceptors (Lipinski definition) is 2. The molecule has 0 spiro atoms. The molecule has 0 aromatic rings. The second-order valence-corrected chi connectivity index (χ2v) is 4.96. The van der Waals surface area contributed by atoms with Crippen LogP contribution in [0.4, 0.5) is 0 Å². The van der Waals surface area contributed by atoms with Gasteiger partial charge in [0.1, 0.15) is 0 Å². The molecule has 0 heterocycles. The van der Waals surface area contributed by atoms with Gasteiger partial charge in [0, 0.05) is 5.54 Å².